The third-order valence-corrected chi connectivity index (χ3v) is 2.39. The van der Waals surface area contributed by atoms with Crippen LogP contribution in [0.3, 0.4) is 0 Å². The molecule has 0 unspecified atom stereocenters. The van der Waals surface area contributed by atoms with Crippen molar-refractivity contribution in [3.8, 4) is 10.7 Å². The molecule has 0 spiro atoms. The molecule has 0 saturated heterocycles. The number of H-pyrrole nitrogens is 1. The zero-order valence-electron chi connectivity index (χ0n) is 6.43. The number of aromatic amines is 1. The fraction of sp³-hybridized carbons (Fsp3) is 0. The largest absolute Gasteiger partial charge is 0.358 e. The van der Waals surface area contributed by atoms with Crippen molar-refractivity contribution in [1.29, 1.82) is 0 Å². The Morgan fingerprint density at radius 2 is 2.46 bits per heavy atom. The molecule has 0 atom stereocenters. The van der Waals surface area contributed by atoms with E-state index in [9.17, 15) is 10.1 Å². The van der Waals surface area contributed by atoms with Crippen LogP contribution in [-0.2, 0) is 0 Å². The minimum atomic E-state index is -0.496. The van der Waals surface area contributed by atoms with E-state index >= 15 is 0 Å². The molecule has 0 radical (unpaired) electrons. The SMILES string of the molecule is O=[N+]([O-])c1cnc(-c2cccs2)[nH]1. The van der Waals surface area contributed by atoms with E-state index in [0.717, 1.165) is 4.88 Å². The topological polar surface area (TPSA) is 71.8 Å². The highest BCUT2D eigenvalue weighted by molar-refractivity contribution is 7.13. The van der Waals surface area contributed by atoms with E-state index in [2.05, 4.69) is 9.97 Å². The van der Waals surface area contributed by atoms with Gasteiger partial charge in [0.25, 0.3) is 0 Å². The van der Waals surface area contributed by atoms with Crippen molar-refractivity contribution in [1.82, 2.24) is 9.97 Å². The van der Waals surface area contributed by atoms with Gasteiger partial charge in [0.2, 0.25) is 5.82 Å². The third kappa shape index (κ3) is 1.43. The average Bonchev–Trinajstić information content (AvgIpc) is 2.75. The maximum absolute atomic E-state index is 10.3. The van der Waals surface area contributed by atoms with Crippen LogP contribution in [0, 0.1) is 10.1 Å². The first-order valence-corrected chi connectivity index (χ1v) is 4.38. The number of thiophene rings is 1. The van der Waals surface area contributed by atoms with Crippen LogP contribution in [-0.4, -0.2) is 14.9 Å². The molecule has 2 rings (SSSR count). The molecule has 1 N–H and O–H groups in total. The van der Waals surface area contributed by atoms with Gasteiger partial charge < -0.3 is 10.1 Å². The predicted molar refractivity (Wildman–Crippen MR) is 48.6 cm³/mol. The van der Waals surface area contributed by atoms with Gasteiger partial charge in [-0.15, -0.1) is 11.3 Å². The maximum Gasteiger partial charge on any atom is 0.340 e. The highest BCUT2D eigenvalue weighted by atomic mass is 32.1. The molecule has 0 fully saturated rings. The van der Waals surface area contributed by atoms with E-state index in [0.29, 0.717) is 5.82 Å². The third-order valence-electron chi connectivity index (χ3n) is 1.51. The molecule has 0 aliphatic carbocycles. The van der Waals surface area contributed by atoms with Crippen molar-refractivity contribution < 1.29 is 4.92 Å². The van der Waals surface area contributed by atoms with Crippen molar-refractivity contribution in [2.24, 2.45) is 0 Å². The van der Waals surface area contributed by atoms with E-state index in [1.165, 1.54) is 17.5 Å². The standard InChI is InChI=1S/C7H5N3O2S/c11-10(12)6-4-8-7(9-6)5-2-1-3-13-5/h1-4H,(H,8,9). The number of hydrogen-bond acceptors (Lipinski definition) is 4. The molecule has 5 nitrogen and oxygen atoms in total. The molecular formula is C7H5N3O2S. The van der Waals surface area contributed by atoms with E-state index < -0.39 is 4.92 Å². The molecule has 0 aromatic carbocycles. The number of nitrogens with zero attached hydrogens (tertiary/aromatic N) is 2. The fourth-order valence-corrected chi connectivity index (χ4v) is 1.62. The highest BCUT2D eigenvalue weighted by Gasteiger charge is 2.11. The van der Waals surface area contributed by atoms with Crippen LogP contribution in [0.15, 0.2) is 23.7 Å². The number of nitro groups is 1. The van der Waals surface area contributed by atoms with Crippen molar-refractivity contribution in [2.45, 2.75) is 0 Å². The first-order valence-electron chi connectivity index (χ1n) is 3.50. The molecule has 0 amide bonds. The zero-order valence-corrected chi connectivity index (χ0v) is 7.25. The summed E-state index contributed by atoms with van der Waals surface area (Å²) in [5, 5.41) is 12.2. The number of aromatic nitrogens is 2. The van der Waals surface area contributed by atoms with E-state index in [4.69, 9.17) is 0 Å². The fourth-order valence-electron chi connectivity index (χ4n) is 0.943. The van der Waals surface area contributed by atoms with E-state index in [1.54, 1.807) is 0 Å². The second-order valence-electron chi connectivity index (χ2n) is 2.35. The maximum atomic E-state index is 10.3. The quantitative estimate of drug-likeness (QED) is 0.588. The smallest absolute Gasteiger partial charge is 0.340 e. The first kappa shape index (κ1) is 7.93. The number of imidazole rings is 1. The van der Waals surface area contributed by atoms with Gasteiger partial charge >= 0.3 is 5.82 Å². The van der Waals surface area contributed by atoms with Gasteiger partial charge in [-0.2, -0.15) is 0 Å². The lowest BCUT2D eigenvalue weighted by atomic mass is 10.4. The Labute approximate surface area is 77.2 Å². The summed E-state index contributed by atoms with van der Waals surface area (Å²) in [6.45, 7) is 0. The van der Waals surface area contributed by atoms with Crippen molar-refractivity contribution in [3.05, 3.63) is 33.8 Å². The lowest BCUT2D eigenvalue weighted by Crippen LogP contribution is -1.86. The number of nitrogens with one attached hydrogen (secondary N) is 1. The summed E-state index contributed by atoms with van der Waals surface area (Å²) < 4.78 is 0. The van der Waals surface area contributed by atoms with Crippen LogP contribution in [0.25, 0.3) is 10.7 Å². The van der Waals surface area contributed by atoms with Gasteiger partial charge in [0.15, 0.2) is 0 Å². The second-order valence-corrected chi connectivity index (χ2v) is 3.30. The van der Waals surface area contributed by atoms with Gasteiger partial charge in [-0.1, -0.05) is 6.07 Å². The van der Waals surface area contributed by atoms with E-state index in [1.807, 2.05) is 17.5 Å². The molecule has 2 aromatic rings. The van der Waals surface area contributed by atoms with Crippen LogP contribution in [0.5, 0.6) is 0 Å². The molecule has 0 bridgehead atoms. The Kier molecular flexibility index (Phi) is 1.82. The summed E-state index contributed by atoms with van der Waals surface area (Å²) in [5.74, 6) is 0.463. The Bertz CT molecular complexity index is 421. The highest BCUT2D eigenvalue weighted by Crippen LogP contribution is 2.22. The van der Waals surface area contributed by atoms with E-state index in [-0.39, 0.29) is 5.82 Å². The molecule has 66 valence electrons. The molecule has 6 heteroatoms. The molecule has 0 aliphatic rings. The number of rotatable bonds is 2. The monoisotopic (exact) mass is 195 g/mol. The van der Waals surface area contributed by atoms with Crippen LogP contribution in [0.2, 0.25) is 0 Å². The Hall–Kier alpha value is -1.69. The first-order chi connectivity index (χ1) is 6.27. The van der Waals surface area contributed by atoms with Gasteiger partial charge in [-0.05, 0) is 16.4 Å². The Morgan fingerprint density at radius 3 is 3.00 bits per heavy atom. The molecular weight excluding hydrogens is 190 g/mol. The van der Waals surface area contributed by atoms with Crippen LogP contribution >= 0.6 is 11.3 Å². The molecule has 0 aliphatic heterocycles. The summed E-state index contributed by atoms with van der Waals surface area (Å²) in [7, 11) is 0. The van der Waals surface area contributed by atoms with Crippen molar-refractivity contribution in [2.75, 3.05) is 0 Å². The average molecular weight is 195 g/mol. The minimum absolute atomic E-state index is 0.0802. The second kappa shape index (κ2) is 2.98. The molecule has 13 heavy (non-hydrogen) atoms. The summed E-state index contributed by atoms with van der Waals surface area (Å²) in [6, 6.07) is 3.72. The summed E-state index contributed by atoms with van der Waals surface area (Å²) >= 11 is 1.48. The van der Waals surface area contributed by atoms with Gasteiger partial charge in [-0.3, -0.25) is 0 Å². The molecule has 2 aromatic heterocycles. The molecule has 0 saturated carbocycles. The summed E-state index contributed by atoms with van der Waals surface area (Å²) in [5.41, 5.74) is 0. The minimum Gasteiger partial charge on any atom is -0.358 e. The predicted octanol–water partition coefficient (Wildman–Crippen LogP) is 2.05. The van der Waals surface area contributed by atoms with Gasteiger partial charge in [0, 0.05) is 0 Å². The molecule has 2 heterocycles. The van der Waals surface area contributed by atoms with Gasteiger partial charge in [0.05, 0.1) is 4.88 Å². The lowest BCUT2D eigenvalue weighted by Gasteiger charge is -1.86. The van der Waals surface area contributed by atoms with Crippen molar-refractivity contribution in [3.63, 3.8) is 0 Å². The summed E-state index contributed by atoms with van der Waals surface area (Å²) in [6.07, 6.45) is 1.22. The summed E-state index contributed by atoms with van der Waals surface area (Å²) in [4.78, 5) is 17.2. The van der Waals surface area contributed by atoms with Crippen LogP contribution in [0.1, 0.15) is 0 Å². The normalized spacial score (nSPS) is 10.2. The lowest BCUT2D eigenvalue weighted by molar-refractivity contribution is -0.389. The van der Waals surface area contributed by atoms with Crippen molar-refractivity contribution >= 4 is 17.2 Å². The van der Waals surface area contributed by atoms with Crippen LogP contribution < -0.4 is 0 Å². The zero-order chi connectivity index (χ0) is 9.26. The van der Waals surface area contributed by atoms with Gasteiger partial charge in [0.1, 0.15) is 6.20 Å². The Morgan fingerprint density at radius 1 is 1.62 bits per heavy atom. The Balaban J connectivity index is 2.39. The van der Waals surface area contributed by atoms with Gasteiger partial charge in [-0.25, -0.2) is 9.97 Å². The van der Waals surface area contributed by atoms with Crippen LogP contribution in [0.4, 0.5) is 5.82 Å². The number of hydrogen-bond donors (Lipinski definition) is 1.